The van der Waals surface area contributed by atoms with Crippen LogP contribution in [-0.4, -0.2) is 20.6 Å². The van der Waals surface area contributed by atoms with E-state index in [0.717, 1.165) is 30.8 Å². The summed E-state index contributed by atoms with van der Waals surface area (Å²) in [6.45, 7) is 1.89. The van der Waals surface area contributed by atoms with Crippen molar-refractivity contribution in [2.75, 3.05) is 0 Å². The van der Waals surface area contributed by atoms with E-state index in [1.165, 1.54) is 0 Å². The fraction of sp³-hybridized carbons (Fsp3) is 0.556. The highest BCUT2D eigenvalue weighted by atomic mass is 16.4. The van der Waals surface area contributed by atoms with Crippen molar-refractivity contribution in [2.45, 2.75) is 32.2 Å². The molecule has 0 unspecified atom stereocenters. The third kappa shape index (κ3) is 1.32. The highest BCUT2D eigenvalue weighted by Crippen LogP contribution is 2.24. The Morgan fingerprint density at radius 3 is 3.23 bits per heavy atom. The van der Waals surface area contributed by atoms with Crippen molar-refractivity contribution in [3.05, 3.63) is 17.7 Å². The van der Waals surface area contributed by atoms with Crippen LogP contribution in [0.5, 0.6) is 0 Å². The first-order chi connectivity index (χ1) is 6.18. The van der Waals surface area contributed by atoms with E-state index in [4.69, 9.17) is 5.11 Å². The molecular weight excluding hydrogens is 168 g/mol. The quantitative estimate of drug-likeness (QED) is 0.705. The molecule has 1 aromatic heterocycles. The van der Waals surface area contributed by atoms with Crippen molar-refractivity contribution in [2.24, 2.45) is 0 Å². The second kappa shape index (κ2) is 2.87. The minimum Gasteiger partial charge on any atom is -0.480 e. The average molecular weight is 180 g/mol. The fourth-order valence-electron chi connectivity index (χ4n) is 1.86. The van der Waals surface area contributed by atoms with Crippen molar-refractivity contribution in [1.82, 2.24) is 9.55 Å². The van der Waals surface area contributed by atoms with Crippen LogP contribution in [-0.2, 0) is 11.2 Å². The van der Waals surface area contributed by atoms with Crippen LogP contribution in [0.4, 0.5) is 0 Å². The van der Waals surface area contributed by atoms with E-state index in [1.807, 2.05) is 13.1 Å². The first-order valence-electron chi connectivity index (χ1n) is 4.45. The van der Waals surface area contributed by atoms with Gasteiger partial charge in [0.2, 0.25) is 0 Å². The van der Waals surface area contributed by atoms with Gasteiger partial charge in [-0.25, -0.2) is 9.78 Å². The zero-order valence-electron chi connectivity index (χ0n) is 7.53. The zero-order chi connectivity index (χ0) is 9.42. The molecule has 0 bridgehead atoms. The first kappa shape index (κ1) is 8.29. The molecule has 0 aliphatic carbocycles. The summed E-state index contributed by atoms with van der Waals surface area (Å²) in [7, 11) is 0. The summed E-state index contributed by atoms with van der Waals surface area (Å²) in [6.07, 6.45) is 4.37. The maximum atomic E-state index is 10.9. The van der Waals surface area contributed by atoms with Gasteiger partial charge in [-0.1, -0.05) is 0 Å². The number of hydrogen-bond acceptors (Lipinski definition) is 2. The summed E-state index contributed by atoms with van der Waals surface area (Å²) >= 11 is 0. The number of imidazole rings is 1. The summed E-state index contributed by atoms with van der Waals surface area (Å²) < 4.78 is 1.79. The molecule has 0 aromatic carbocycles. The maximum absolute atomic E-state index is 10.9. The molecule has 2 rings (SSSR count). The lowest BCUT2D eigenvalue weighted by Crippen LogP contribution is -2.24. The molecule has 4 heteroatoms. The van der Waals surface area contributed by atoms with E-state index in [1.54, 1.807) is 4.57 Å². The molecule has 1 aliphatic rings. The molecular formula is C9H12N2O2. The average Bonchev–Trinajstić information content (AvgIpc) is 2.43. The van der Waals surface area contributed by atoms with Crippen LogP contribution >= 0.6 is 0 Å². The Kier molecular flexibility index (Phi) is 1.83. The number of rotatable bonds is 1. The van der Waals surface area contributed by atoms with Crippen LogP contribution in [0.25, 0.3) is 0 Å². The Hall–Kier alpha value is -1.32. The summed E-state index contributed by atoms with van der Waals surface area (Å²) in [6, 6.07) is -0.398. The molecule has 1 N–H and O–H groups in total. The van der Waals surface area contributed by atoms with Gasteiger partial charge in [0.25, 0.3) is 0 Å². The number of fused-ring (bicyclic) bond motifs is 1. The van der Waals surface area contributed by atoms with Gasteiger partial charge in [0, 0.05) is 12.6 Å². The van der Waals surface area contributed by atoms with E-state index >= 15 is 0 Å². The smallest absolute Gasteiger partial charge is 0.326 e. The van der Waals surface area contributed by atoms with Crippen LogP contribution in [0.2, 0.25) is 0 Å². The SMILES string of the molecule is Cc1cn2c(n1)CCC[C@H]2C(=O)O. The largest absolute Gasteiger partial charge is 0.480 e. The van der Waals surface area contributed by atoms with Crippen LogP contribution in [0.3, 0.4) is 0 Å². The molecule has 1 aromatic rings. The van der Waals surface area contributed by atoms with E-state index in [0.29, 0.717) is 0 Å². The molecule has 0 saturated heterocycles. The van der Waals surface area contributed by atoms with Crippen molar-refractivity contribution in [1.29, 1.82) is 0 Å². The normalized spacial score (nSPS) is 21.2. The van der Waals surface area contributed by atoms with Gasteiger partial charge in [-0.3, -0.25) is 0 Å². The number of hydrogen-bond donors (Lipinski definition) is 1. The minimum atomic E-state index is -0.752. The fourth-order valence-corrected chi connectivity index (χ4v) is 1.86. The molecule has 2 heterocycles. The Bertz CT molecular complexity index is 343. The van der Waals surface area contributed by atoms with Crippen LogP contribution in [0.15, 0.2) is 6.20 Å². The Labute approximate surface area is 76.2 Å². The Balaban J connectivity index is 2.41. The molecule has 1 atom stereocenters. The number of carboxylic acids is 1. The number of aromatic nitrogens is 2. The van der Waals surface area contributed by atoms with E-state index in [9.17, 15) is 4.79 Å². The summed E-state index contributed by atoms with van der Waals surface area (Å²) in [5.41, 5.74) is 0.906. The molecule has 13 heavy (non-hydrogen) atoms. The van der Waals surface area contributed by atoms with E-state index < -0.39 is 12.0 Å². The molecule has 0 amide bonds. The van der Waals surface area contributed by atoms with Gasteiger partial charge < -0.3 is 9.67 Å². The lowest BCUT2D eigenvalue weighted by Gasteiger charge is -2.20. The lowest BCUT2D eigenvalue weighted by molar-refractivity contribution is -0.141. The number of carbonyl (C=O) groups is 1. The van der Waals surface area contributed by atoms with Crippen LogP contribution < -0.4 is 0 Å². The monoisotopic (exact) mass is 180 g/mol. The Morgan fingerprint density at radius 1 is 1.77 bits per heavy atom. The minimum absolute atomic E-state index is 0.398. The van der Waals surface area contributed by atoms with Crippen molar-refractivity contribution < 1.29 is 9.90 Å². The number of nitrogens with zero attached hydrogens (tertiary/aromatic N) is 2. The predicted molar refractivity (Wildman–Crippen MR) is 46.6 cm³/mol. The highest BCUT2D eigenvalue weighted by Gasteiger charge is 2.25. The van der Waals surface area contributed by atoms with Gasteiger partial charge in [-0.15, -0.1) is 0 Å². The van der Waals surface area contributed by atoms with Crippen LogP contribution in [0, 0.1) is 6.92 Å². The Morgan fingerprint density at radius 2 is 2.54 bits per heavy atom. The molecule has 0 radical (unpaired) electrons. The van der Waals surface area contributed by atoms with E-state index in [2.05, 4.69) is 4.98 Å². The predicted octanol–water partition coefficient (Wildman–Crippen LogP) is 1.15. The second-order valence-electron chi connectivity index (χ2n) is 3.45. The summed E-state index contributed by atoms with van der Waals surface area (Å²) in [5.74, 6) is 0.162. The summed E-state index contributed by atoms with van der Waals surface area (Å²) in [4.78, 5) is 15.2. The van der Waals surface area contributed by atoms with Gasteiger partial charge in [0.05, 0.1) is 5.69 Å². The zero-order valence-corrected chi connectivity index (χ0v) is 7.53. The topological polar surface area (TPSA) is 55.1 Å². The van der Waals surface area contributed by atoms with Gasteiger partial charge >= 0.3 is 5.97 Å². The number of aliphatic carboxylic acids is 1. The van der Waals surface area contributed by atoms with Gasteiger partial charge in [0.1, 0.15) is 11.9 Å². The molecule has 1 aliphatic heterocycles. The highest BCUT2D eigenvalue weighted by molar-refractivity contribution is 5.72. The molecule has 0 spiro atoms. The first-order valence-corrected chi connectivity index (χ1v) is 4.45. The number of aryl methyl sites for hydroxylation is 2. The van der Waals surface area contributed by atoms with Gasteiger partial charge in [0.15, 0.2) is 0 Å². The third-order valence-electron chi connectivity index (χ3n) is 2.43. The third-order valence-corrected chi connectivity index (χ3v) is 2.43. The molecule has 70 valence electrons. The van der Waals surface area contributed by atoms with Gasteiger partial charge in [-0.05, 0) is 19.8 Å². The van der Waals surface area contributed by atoms with E-state index in [-0.39, 0.29) is 0 Å². The summed E-state index contributed by atoms with van der Waals surface area (Å²) in [5, 5.41) is 8.95. The second-order valence-corrected chi connectivity index (χ2v) is 3.45. The standard InChI is InChI=1S/C9H12N2O2/c1-6-5-11-7(9(12)13)3-2-4-8(11)10-6/h5,7H,2-4H2,1H3,(H,12,13)/t7-/m0/s1. The molecule has 0 saturated carbocycles. The molecule has 4 nitrogen and oxygen atoms in total. The van der Waals surface area contributed by atoms with Gasteiger partial charge in [-0.2, -0.15) is 0 Å². The van der Waals surface area contributed by atoms with Crippen molar-refractivity contribution in [3.8, 4) is 0 Å². The number of carboxylic acid groups (broad SMARTS) is 1. The lowest BCUT2D eigenvalue weighted by atomic mass is 10.1. The van der Waals surface area contributed by atoms with Crippen molar-refractivity contribution in [3.63, 3.8) is 0 Å². The van der Waals surface area contributed by atoms with Crippen LogP contribution in [0.1, 0.15) is 30.4 Å². The maximum Gasteiger partial charge on any atom is 0.326 e. The van der Waals surface area contributed by atoms with Crippen molar-refractivity contribution >= 4 is 5.97 Å². The molecule has 0 fully saturated rings.